The number of alkyl halides is 3. The first-order valence-corrected chi connectivity index (χ1v) is 8.79. The zero-order valence-electron chi connectivity index (χ0n) is 16.0. The Hall–Kier alpha value is -2.74. The molecular weight excluding hydrogens is 369 g/mol. The molecule has 0 aliphatic rings. The van der Waals surface area contributed by atoms with Gasteiger partial charge in [-0.1, -0.05) is 30.3 Å². The monoisotopic (exact) mass is 394 g/mol. The number of guanidine groups is 1. The molecule has 0 aliphatic heterocycles. The Morgan fingerprint density at radius 3 is 2.25 bits per heavy atom. The zero-order chi connectivity index (χ0) is 20.8. The van der Waals surface area contributed by atoms with Crippen molar-refractivity contribution in [2.45, 2.75) is 38.7 Å². The Balaban J connectivity index is 1.90. The highest BCUT2D eigenvalue weighted by molar-refractivity contribution is 5.92. The molecule has 0 bridgehead atoms. The number of aliphatic imine (C=N–C) groups is 1. The highest BCUT2D eigenvalue weighted by Crippen LogP contribution is 2.24. The van der Waals surface area contributed by atoms with Crippen molar-refractivity contribution in [1.82, 2.24) is 5.32 Å². The average Bonchev–Trinajstić information content (AvgIpc) is 2.61. The summed E-state index contributed by atoms with van der Waals surface area (Å²) >= 11 is 0. The molecule has 152 valence electrons. The molecule has 1 atom stereocenters. The number of anilines is 1. The number of rotatable bonds is 7. The van der Waals surface area contributed by atoms with Gasteiger partial charge in [-0.2, -0.15) is 0 Å². The van der Waals surface area contributed by atoms with Crippen LogP contribution in [0.5, 0.6) is 5.75 Å². The highest BCUT2D eigenvalue weighted by atomic mass is 19.4. The molecule has 0 heterocycles. The second-order valence-corrected chi connectivity index (χ2v) is 7.06. The van der Waals surface area contributed by atoms with E-state index in [0.29, 0.717) is 12.2 Å². The van der Waals surface area contributed by atoms with E-state index in [4.69, 9.17) is 5.73 Å². The van der Waals surface area contributed by atoms with Crippen LogP contribution < -0.4 is 21.1 Å². The summed E-state index contributed by atoms with van der Waals surface area (Å²) in [5.41, 5.74) is 7.27. The number of ether oxygens (including phenoxy) is 1. The lowest BCUT2D eigenvalue weighted by atomic mass is 10.0. The Morgan fingerprint density at radius 2 is 1.68 bits per heavy atom. The molecule has 8 heteroatoms. The molecule has 0 spiro atoms. The van der Waals surface area contributed by atoms with Crippen LogP contribution in [-0.2, 0) is 0 Å². The van der Waals surface area contributed by atoms with E-state index in [1.165, 1.54) is 29.8 Å². The third-order valence-electron chi connectivity index (χ3n) is 3.91. The second kappa shape index (κ2) is 8.97. The van der Waals surface area contributed by atoms with Crippen LogP contribution in [0, 0.1) is 0 Å². The van der Waals surface area contributed by atoms with Crippen LogP contribution in [0.2, 0.25) is 0 Å². The molecule has 0 aromatic heterocycles. The van der Waals surface area contributed by atoms with Gasteiger partial charge in [0.2, 0.25) is 0 Å². The summed E-state index contributed by atoms with van der Waals surface area (Å²) in [6, 6.07) is 15.5. The predicted molar refractivity (Wildman–Crippen MR) is 105 cm³/mol. The standard InChI is InChI=1S/C20H25F3N4O/c1-14(15-7-5-4-6-8-15)27-19(2,3)13-25-18(24)26-16-9-11-17(12-10-16)28-20(21,22)23/h4-12,14,27H,13H2,1-3H3,(H3,24,25,26). The normalized spacial score (nSPS) is 13.9. The Kier molecular flexibility index (Phi) is 6.90. The maximum Gasteiger partial charge on any atom is 0.573 e. The minimum absolute atomic E-state index is 0.141. The molecular formula is C20H25F3N4O. The van der Waals surface area contributed by atoms with Crippen molar-refractivity contribution in [2.24, 2.45) is 10.7 Å². The number of halogens is 3. The molecule has 0 radical (unpaired) electrons. The molecule has 0 fully saturated rings. The van der Waals surface area contributed by atoms with Gasteiger partial charge in [-0.15, -0.1) is 13.2 Å². The molecule has 1 unspecified atom stereocenters. The van der Waals surface area contributed by atoms with Crippen LogP contribution in [-0.4, -0.2) is 24.4 Å². The van der Waals surface area contributed by atoms with Crippen molar-refractivity contribution in [3.63, 3.8) is 0 Å². The summed E-state index contributed by atoms with van der Waals surface area (Å²) in [6.07, 6.45) is -4.72. The molecule has 0 saturated carbocycles. The number of nitrogens with two attached hydrogens (primary N) is 1. The first-order chi connectivity index (χ1) is 13.0. The number of hydrogen-bond acceptors (Lipinski definition) is 3. The Bertz CT molecular complexity index is 774. The first-order valence-electron chi connectivity index (χ1n) is 8.79. The molecule has 2 aromatic rings. The van der Waals surface area contributed by atoms with Crippen molar-refractivity contribution in [3.8, 4) is 5.75 Å². The van der Waals surface area contributed by atoms with Gasteiger partial charge >= 0.3 is 6.36 Å². The zero-order valence-corrected chi connectivity index (χ0v) is 16.0. The molecule has 5 nitrogen and oxygen atoms in total. The largest absolute Gasteiger partial charge is 0.573 e. The fourth-order valence-electron chi connectivity index (χ4n) is 2.67. The van der Waals surface area contributed by atoms with E-state index in [1.807, 2.05) is 32.0 Å². The van der Waals surface area contributed by atoms with Gasteiger partial charge in [0, 0.05) is 17.3 Å². The third-order valence-corrected chi connectivity index (χ3v) is 3.91. The smallest absolute Gasteiger partial charge is 0.406 e. The van der Waals surface area contributed by atoms with Crippen molar-refractivity contribution in [3.05, 3.63) is 60.2 Å². The van der Waals surface area contributed by atoms with Gasteiger partial charge in [-0.05, 0) is 50.6 Å². The molecule has 28 heavy (non-hydrogen) atoms. The lowest BCUT2D eigenvalue weighted by molar-refractivity contribution is -0.274. The van der Waals surface area contributed by atoms with E-state index in [1.54, 1.807) is 0 Å². The van der Waals surface area contributed by atoms with E-state index >= 15 is 0 Å². The predicted octanol–water partition coefficient (Wildman–Crippen LogP) is 4.44. The number of benzene rings is 2. The minimum Gasteiger partial charge on any atom is -0.406 e. The topological polar surface area (TPSA) is 71.7 Å². The highest BCUT2D eigenvalue weighted by Gasteiger charge is 2.31. The fraction of sp³-hybridized carbons (Fsp3) is 0.350. The third kappa shape index (κ3) is 7.48. The van der Waals surface area contributed by atoms with E-state index in [9.17, 15) is 13.2 Å². The maximum absolute atomic E-state index is 12.2. The summed E-state index contributed by atoms with van der Waals surface area (Å²) < 4.78 is 40.4. The van der Waals surface area contributed by atoms with Gasteiger partial charge in [0.05, 0.1) is 6.54 Å². The van der Waals surface area contributed by atoms with Gasteiger partial charge in [0.25, 0.3) is 0 Å². The molecule has 0 aliphatic carbocycles. The van der Waals surface area contributed by atoms with Crippen molar-refractivity contribution in [1.29, 1.82) is 0 Å². The lowest BCUT2D eigenvalue weighted by Crippen LogP contribution is -2.44. The van der Waals surface area contributed by atoms with E-state index in [2.05, 4.69) is 39.4 Å². The van der Waals surface area contributed by atoms with Crippen molar-refractivity contribution in [2.75, 3.05) is 11.9 Å². The van der Waals surface area contributed by atoms with Crippen LogP contribution in [0.4, 0.5) is 18.9 Å². The van der Waals surface area contributed by atoms with Crippen molar-refractivity contribution < 1.29 is 17.9 Å². The SMILES string of the molecule is CC(NC(C)(C)CN=C(N)Nc1ccc(OC(F)(F)F)cc1)c1ccccc1. The van der Waals surface area contributed by atoms with Gasteiger partial charge in [0.15, 0.2) is 5.96 Å². The molecule has 2 rings (SSSR count). The summed E-state index contributed by atoms with van der Waals surface area (Å²) in [7, 11) is 0. The van der Waals surface area contributed by atoms with Crippen LogP contribution in [0.3, 0.4) is 0 Å². The molecule has 0 amide bonds. The molecule has 4 N–H and O–H groups in total. The summed E-state index contributed by atoms with van der Waals surface area (Å²) in [4.78, 5) is 4.33. The van der Waals surface area contributed by atoms with Crippen LogP contribution >= 0.6 is 0 Å². The van der Waals surface area contributed by atoms with E-state index < -0.39 is 6.36 Å². The first kappa shape index (κ1) is 21.6. The van der Waals surface area contributed by atoms with Gasteiger partial charge in [0.1, 0.15) is 5.75 Å². The number of nitrogens with zero attached hydrogens (tertiary/aromatic N) is 1. The van der Waals surface area contributed by atoms with E-state index in [-0.39, 0.29) is 23.3 Å². The molecule has 2 aromatic carbocycles. The Morgan fingerprint density at radius 1 is 1.07 bits per heavy atom. The van der Waals surface area contributed by atoms with Crippen molar-refractivity contribution >= 4 is 11.6 Å². The van der Waals surface area contributed by atoms with Gasteiger partial charge in [-0.25, -0.2) is 0 Å². The average molecular weight is 394 g/mol. The summed E-state index contributed by atoms with van der Waals surface area (Å²) in [5.74, 6) is -0.125. The number of nitrogens with one attached hydrogen (secondary N) is 2. The van der Waals surface area contributed by atoms with Gasteiger partial charge in [-0.3, -0.25) is 4.99 Å². The molecule has 0 saturated heterocycles. The van der Waals surface area contributed by atoms with Gasteiger partial charge < -0.3 is 21.1 Å². The quantitative estimate of drug-likeness (QED) is 0.480. The Labute approximate surface area is 162 Å². The second-order valence-electron chi connectivity index (χ2n) is 7.06. The summed E-state index contributed by atoms with van der Waals surface area (Å²) in [6.45, 7) is 6.53. The van der Waals surface area contributed by atoms with Crippen LogP contribution in [0.15, 0.2) is 59.6 Å². The number of hydrogen-bond donors (Lipinski definition) is 3. The fourth-order valence-corrected chi connectivity index (χ4v) is 2.67. The van der Waals surface area contributed by atoms with E-state index in [0.717, 1.165) is 0 Å². The summed E-state index contributed by atoms with van der Waals surface area (Å²) in [5, 5.41) is 6.36. The minimum atomic E-state index is -4.72. The lowest BCUT2D eigenvalue weighted by Gasteiger charge is -2.29. The van der Waals surface area contributed by atoms with Crippen LogP contribution in [0.25, 0.3) is 0 Å². The maximum atomic E-state index is 12.2. The van der Waals surface area contributed by atoms with Crippen LogP contribution in [0.1, 0.15) is 32.4 Å².